The number of oxime groups is 1. The normalized spacial score (nSPS) is 11.9. The minimum Gasteiger partial charge on any atom is -0.409 e. The van der Waals surface area contributed by atoms with Crippen LogP contribution in [0.25, 0.3) is 0 Å². The first-order chi connectivity index (χ1) is 10.1. The van der Waals surface area contributed by atoms with E-state index in [0.29, 0.717) is 12.2 Å². The zero-order valence-corrected chi connectivity index (χ0v) is 12.3. The molecule has 2 rings (SSSR count). The fourth-order valence-corrected chi connectivity index (χ4v) is 2.20. The molecule has 0 spiro atoms. The summed E-state index contributed by atoms with van der Waals surface area (Å²) in [7, 11) is 2.03. The van der Waals surface area contributed by atoms with E-state index < -0.39 is 0 Å². The molecule has 1 aromatic heterocycles. The lowest BCUT2D eigenvalue weighted by Crippen LogP contribution is -2.22. The summed E-state index contributed by atoms with van der Waals surface area (Å²) in [4.78, 5) is 6.34. The second kappa shape index (κ2) is 6.85. The first-order valence-corrected chi connectivity index (χ1v) is 6.76. The van der Waals surface area contributed by atoms with Crippen LogP contribution in [0, 0.1) is 6.92 Å². The molecular formula is C16H20N4O. The van der Waals surface area contributed by atoms with Gasteiger partial charge in [-0.05, 0) is 31.2 Å². The monoisotopic (exact) mass is 284 g/mol. The number of aryl methyl sites for hydroxylation is 1. The van der Waals surface area contributed by atoms with E-state index in [1.54, 1.807) is 6.20 Å². The highest BCUT2D eigenvalue weighted by atomic mass is 16.4. The second-order valence-electron chi connectivity index (χ2n) is 5.15. The Morgan fingerprint density at radius 3 is 2.62 bits per heavy atom. The maximum absolute atomic E-state index is 8.82. The predicted octanol–water partition coefficient (Wildman–Crippen LogP) is 2.12. The Labute approximate surface area is 124 Å². The molecule has 0 aliphatic rings. The van der Waals surface area contributed by atoms with Crippen LogP contribution in [0.5, 0.6) is 0 Å². The lowest BCUT2D eigenvalue weighted by atomic mass is 10.1. The first-order valence-electron chi connectivity index (χ1n) is 6.76. The zero-order chi connectivity index (χ0) is 15.2. The van der Waals surface area contributed by atoms with E-state index >= 15 is 0 Å². The van der Waals surface area contributed by atoms with Gasteiger partial charge >= 0.3 is 0 Å². The van der Waals surface area contributed by atoms with Crippen LogP contribution in [0.1, 0.15) is 22.4 Å². The summed E-state index contributed by atoms with van der Waals surface area (Å²) in [6.07, 6.45) is 1.64. The molecule has 0 aliphatic carbocycles. The van der Waals surface area contributed by atoms with Crippen molar-refractivity contribution < 1.29 is 5.21 Å². The van der Waals surface area contributed by atoms with Crippen molar-refractivity contribution in [2.45, 2.75) is 20.0 Å². The summed E-state index contributed by atoms with van der Waals surface area (Å²) >= 11 is 0. The number of hydrogen-bond acceptors (Lipinski definition) is 4. The van der Waals surface area contributed by atoms with Crippen LogP contribution < -0.4 is 5.73 Å². The van der Waals surface area contributed by atoms with Crippen LogP contribution in [-0.2, 0) is 13.1 Å². The van der Waals surface area contributed by atoms with Gasteiger partial charge in [0, 0.05) is 19.3 Å². The third-order valence-corrected chi connectivity index (χ3v) is 3.25. The van der Waals surface area contributed by atoms with Crippen LogP contribution in [0.3, 0.4) is 0 Å². The van der Waals surface area contributed by atoms with E-state index in [2.05, 4.69) is 46.2 Å². The first kappa shape index (κ1) is 15.0. The van der Waals surface area contributed by atoms with E-state index in [-0.39, 0.29) is 5.84 Å². The number of pyridine rings is 1. The molecule has 0 fully saturated rings. The van der Waals surface area contributed by atoms with Crippen molar-refractivity contribution in [3.63, 3.8) is 0 Å². The lowest BCUT2D eigenvalue weighted by molar-refractivity contribution is 0.314. The van der Waals surface area contributed by atoms with Crippen LogP contribution >= 0.6 is 0 Å². The van der Waals surface area contributed by atoms with Crippen LogP contribution in [0.4, 0.5) is 0 Å². The third kappa shape index (κ3) is 4.03. The highest BCUT2D eigenvalue weighted by Gasteiger charge is 2.10. The quantitative estimate of drug-likeness (QED) is 0.382. The molecule has 0 bridgehead atoms. The smallest absolute Gasteiger partial charge is 0.189 e. The Balaban J connectivity index is 2.09. The van der Waals surface area contributed by atoms with Gasteiger partial charge in [0.1, 0.15) is 5.69 Å². The number of hydrogen-bond donors (Lipinski definition) is 2. The van der Waals surface area contributed by atoms with Crippen LogP contribution in [0.2, 0.25) is 0 Å². The molecule has 1 aromatic carbocycles. The van der Waals surface area contributed by atoms with Gasteiger partial charge < -0.3 is 10.9 Å². The second-order valence-corrected chi connectivity index (χ2v) is 5.15. The van der Waals surface area contributed by atoms with Crippen molar-refractivity contribution in [2.24, 2.45) is 10.9 Å². The molecule has 110 valence electrons. The largest absolute Gasteiger partial charge is 0.409 e. The summed E-state index contributed by atoms with van der Waals surface area (Å²) in [6, 6.07) is 12.2. The minimum atomic E-state index is 0.0364. The molecule has 3 N–H and O–H groups in total. The topological polar surface area (TPSA) is 74.7 Å². The van der Waals surface area contributed by atoms with Crippen LogP contribution in [-0.4, -0.2) is 28.0 Å². The van der Waals surface area contributed by atoms with E-state index in [4.69, 9.17) is 10.9 Å². The van der Waals surface area contributed by atoms with Gasteiger partial charge in [0.15, 0.2) is 5.84 Å². The van der Waals surface area contributed by atoms with Gasteiger partial charge in [-0.1, -0.05) is 41.1 Å². The fourth-order valence-electron chi connectivity index (χ4n) is 2.20. The average molecular weight is 284 g/mol. The summed E-state index contributed by atoms with van der Waals surface area (Å²) in [6.45, 7) is 3.57. The summed E-state index contributed by atoms with van der Waals surface area (Å²) in [5.41, 5.74) is 9.62. The maximum atomic E-state index is 8.82. The number of benzene rings is 1. The third-order valence-electron chi connectivity index (χ3n) is 3.25. The van der Waals surface area contributed by atoms with Crippen molar-refractivity contribution in [1.29, 1.82) is 0 Å². The van der Waals surface area contributed by atoms with E-state index in [1.165, 1.54) is 11.1 Å². The Kier molecular flexibility index (Phi) is 4.90. The van der Waals surface area contributed by atoms with Gasteiger partial charge in [0.05, 0.1) is 0 Å². The molecule has 0 aliphatic heterocycles. The zero-order valence-electron chi connectivity index (χ0n) is 12.3. The van der Waals surface area contributed by atoms with Gasteiger partial charge in [0.25, 0.3) is 0 Å². The Morgan fingerprint density at radius 2 is 1.95 bits per heavy atom. The van der Waals surface area contributed by atoms with Gasteiger partial charge in [-0.3, -0.25) is 9.88 Å². The average Bonchev–Trinajstić information content (AvgIpc) is 2.49. The summed E-state index contributed by atoms with van der Waals surface area (Å²) < 4.78 is 0. The van der Waals surface area contributed by atoms with Gasteiger partial charge in [0.2, 0.25) is 0 Å². The maximum Gasteiger partial charge on any atom is 0.189 e. The van der Waals surface area contributed by atoms with E-state index in [9.17, 15) is 0 Å². The molecule has 0 amide bonds. The Morgan fingerprint density at radius 1 is 1.24 bits per heavy atom. The Hall–Kier alpha value is -2.40. The summed E-state index contributed by atoms with van der Waals surface area (Å²) in [5.74, 6) is 0.0364. The molecule has 0 saturated carbocycles. The number of aromatic nitrogens is 1. The lowest BCUT2D eigenvalue weighted by Gasteiger charge is -2.18. The van der Waals surface area contributed by atoms with Gasteiger partial charge in [-0.2, -0.15) is 0 Å². The van der Waals surface area contributed by atoms with Gasteiger partial charge in [-0.15, -0.1) is 0 Å². The SMILES string of the molecule is Cc1ccc(CN(C)Cc2cccnc2C(N)=NO)cc1. The standard InChI is InChI=1S/C16H20N4O/c1-12-5-7-13(8-6-12)10-20(2)11-14-4-3-9-18-15(14)16(17)19-21/h3-9,21H,10-11H2,1-2H3,(H2,17,19). The molecule has 0 unspecified atom stereocenters. The van der Waals surface area contributed by atoms with E-state index in [1.807, 2.05) is 19.2 Å². The molecule has 0 radical (unpaired) electrons. The van der Waals surface area contributed by atoms with E-state index in [0.717, 1.165) is 12.1 Å². The Bertz CT molecular complexity index is 622. The minimum absolute atomic E-state index is 0.0364. The molecule has 0 atom stereocenters. The molecule has 5 nitrogen and oxygen atoms in total. The fraction of sp³-hybridized carbons (Fsp3) is 0.250. The van der Waals surface area contributed by atoms with Crippen molar-refractivity contribution in [3.05, 3.63) is 65.0 Å². The molecule has 0 saturated heterocycles. The molecule has 21 heavy (non-hydrogen) atoms. The number of rotatable bonds is 5. The number of nitrogens with two attached hydrogens (primary N) is 1. The predicted molar refractivity (Wildman–Crippen MR) is 83.1 cm³/mol. The van der Waals surface area contributed by atoms with Crippen molar-refractivity contribution >= 4 is 5.84 Å². The highest BCUT2D eigenvalue weighted by molar-refractivity contribution is 5.96. The highest BCUT2D eigenvalue weighted by Crippen LogP contribution is 2.11. The van der Waals surface area contributed by atoms with Crippen LogP contribution in [0.15, 0.2) is 47.8 Å². The number of amidine groups is 1. The van der Waals surface area contributed by atoms with Crippen molar-refractivity contribution in [1.82, 2.24) is 9.88 Å². The molecule has 5 heteroatoms. The van der Waals surface area contributed by atoms with Crippen molar-refractivity contribution in [3.8, 4) is 0 Å². The molecule has 2 aromatic rings. The molecule has 1 heterocycles. The van der Waals surface area contributed by atoms with Gasteiger partial charge in [-0.25, -0.2) is 0 Å². The molecular weight excluding hydrogens is 264 g/mol. The number of nitrogens with zero attached hydrogens (tertiary/aromatic N) is 3. The van der Waals surface area contributed by atoms with Crippen molar-refractivity contribution in [2.75, 3.05) is 7.05 Å². The summed E-state index contributed by atoms with van der Waals surface area (Å²) in [5, 5.41) is 11.9.